The van der Waals surface area contributed by atoms with Crippen molar-refractivity contribution in [2.24, 2.45) is 5.92 Å². The van der Waals surface area contributed by atoms with Gasteiger partial charge in [-0.2, -0.15) is 0 Å². The third kappa shape index (κ3) is 3.69. The molecule has 2 rings (SSSR count). The van der Waals surface area contributed by atoms with Gasteiger partial charge in [0, 0.05) is 0 Å². The average Bonchev–Trinajstić information content (AvgIpc) is 2.82. The van der Waals surface area contributed by atoms with E-state index in [-0.39, 0.29) is 18.6 Å². The molecule has 1 amide bonds. The van der Waals surface area contributed by atoms with Crippen LogP contribution in [0.15, 0.2) is 30.3 Å². The Morgan fingerprint density at radius 3 is 2.80 bits per heavy atom. The first-order valence-electron chi connectivity index (χ1n) is 6.70. The molecule has 0 spiro atoms. The van der Waals surface area contributed by atoms with Gasteiger partial charge in [0.1, 0.15) is 0 Å². The molecule has 108 valence electrons. The SMILES string of the molecule is CC(C)C1CO[13C](=[77Se])N1C(=O)[13CH2]OCc1ccccc1. The van der Waals surface area contributed by atoms with Crippen molar-refractivity contribution in [2.45, 2.75) is 26.5 Å². The Balaban J connectivity index is 1.86. The van der Waals surface area contributed by atoms with Crippen LogP contribution in [0.1, 0.15) is 19.4 Å². The van der Waals surface area contributed by atoms with Crippen molar-refractivity contribution >= 4 is 26.2 Å². The Hall–Kier alpha value is -1.16. The predicted octanol–water partition coefficient (Wildman–Crippen LogP) is 1.34. The molecule has 1 saturated heterocycles. The van der Waals surface area contributed by atoms with E-state index < -0.39 is 0 Å². The number of ether oxygens (including phenoxy) is 2. The third-order valence-electron chi connectivity index (χ3n) is 3.28. The van der Waals surface area contributed by atoms with Gasteiger partial charge in [-0.05, 0) is 0 Å². The maximum absolute atomic E-state index is 12.2. The summed E-state index contributed by atoms with van der Waals surface area (Å²) >= 11 is 2.81. The molecule has 5 heteroatoms. The number of hydrogen-bond acceptors (Lipinski definition) is 3. The van der Waals surface area contributed by atoms with Gasteiger partial charge in [0.15, 0.2) is 0 Å². The average molecular weight is 340 g/mol. The maximum atomic E-state index is 12.2. The Kier molecular flexibility index (Phi) is 5.35. The standard InChI is InChI=1S/C15H19NO3Se/c1-11(2)13-9-19-15(20)16(13)14(17)10-18-8-12-6-4-3-5-7-12/h3-7,11,13H,8-10H2,1-2H3/i10+1,15+1,20-2. The minimum absolute atomic E-state index is 0.0622. The van der Waals surface area contributed by atoms with Crippen molar-refractivity contribution in [1.82, 2.24) is 4.90 Å². The predicted molar refractivity (Wildman–Crippen MR) is 78.3 cm³/mol. The van der Waals surface area contributed by atoms with Gasteiger partial charge >= 0.3 is 127 Å². The van der Waals surface area contributed by atoms with Crippen molar-refractivity contribution in [1.29, 1.82) is 0 Å². The molecule has 1 fully saturated rings. The summed E-state index contributed by atoms with van der Waals surface area (Å²) in [4.78, 5) is 13.9. The van der Waals surface area contributed by atoms with Crippen LogP contribution in [-0.4, -0.2) is 50.4 Å². The van der Waals surface area contributed by atoms with Gasteiger partial charge in [-0.25, -0.2) is 0 Å². The molecular formula is C15H19NO3Se. The molecule has 1 aliphatic heterocycles. The van der Waals surface area contributed by atoms with Crippen molar-refractivity contribution in [3.8, 4) is 0 Å². The van der Waals surface area contributed by atoms with E-state index >= 15 is 0 Å². The quantitative estimate of drug-likeness (QED) is 0.600. The van der Waals surface area contributed by atoms with Crippen LogP contribution in [0.4, 0.5) is 0 Å². The van der Waals surface area contributed by atoms with E-state index in [2.05, 4.69) is 29.4 Å². The molecule has 1 aromatic carbocycles. The summed E-state index contributed by atoms with van der Waals surface area (Å²) in [7, 11) is 0. The van der Waals surface area contributed by atoms with Gasteiger partial charge < -0.3 is 0 Å². The van der Waals surface area contributed by atoms with Gasteiger partial charge in [-0.15, -0.1) is 0 Å². The number of benzene rings is 1. The fourth-order valence-electron chi connectivity index (χ4n) is 2.11. The molecule has 1 heterocycles. The first-order valence-corrected chi connectivity index (χ1v) is 7.55. The van der Waals surface area contributed by atoms with Gasteiger partial charge in [-0.3, -0.25) is 0 Å². The van der Waals surface area contributed by atoms with Crippen molar-refractivity contribution in [3.63, 3.8) is 0 Å². The van der Waals surface area contributed by atoms with Crippen LogP contribution in [-0.2, 0) is 20.9 Å². The summed E-state index contributed by atoms with van der Waals surface area (Å²) < 4.78 is 11.5. The molecule has 0 aliphatic carbocycles. The van der Waals surface area contributed by atoms with Crippen molar-refractivity contribution < 1.29 is 14.3 Å². The summed E-state index contributed by atoms with van der Waals surface area (Å²) in [5.41, 5.74) is 1.06. The molecule has 0 N–H and O–H groups in total. The Morgan fingerprint density at radius 2 is 2.15 bits per heavy atom. The first kappa shape index (κ1) is 15.2. The van der Waals surface area contributed by atoms with E-state index in [9.17, 15) is 4.79 Å². The molecule has 0 bridgehead atoms. The van der Waals surface area contributed by atoms with Gasteiger partial charge in [-0.1, -0.05) is 0 Å². The van der Waals surface area contributed by atoms with Crippen molar-refractivity contribution in [2.75, 3.05) is 13.2 Å². The van der Waals surface area contributed by atoms with Crippen LogP contribution in [0, 0.1) is 5.92 Å². The van der Waals surface area contributed by atoms with E-state index in [1.165, 1.54) is 0 Å². The number of rotatable bonds is 5. The second-order valence-electron chi connectivity index (χ2n) is 5.13. The second-order valence-corrected chi connectivity index (χ2v) is 5.86. The number of carbonyl (C=O) groups is 1. The Labute approximate surface area is 127 Å². The van der Waals surface area contributed by atoms with E-state index in [0.717, 1.165) is 5.56 Å². The zero-order valence-electron chi connectivity index (χ0n) is 11.7. The molecule has 1 atom stereocenters. The van der Waals surface area contributed by atoms with E-state index in [4.69, 9.17) is 9.47 Å². The molecule has 0 aromatic heterocycles. The molecule has 1 aromatic rings. The zero-order chi connectivity index (χ0) is 14.5. The van der Waals surface area contributed by atoms with Crippen LogP contribution in [0.25, 0.3) is 0 Å². The monoisotopic (exact) mass is 340 g/mol. The van der Waals surface area contributed by atoms with E-state index in [1.54, 1.807) is 4.90 Å². The second kappa shape index (κ2) is 7.02. The molecule has 0 radical (unpaired) electrons. The topological polar surface area (TPSA) is 38.8 Å². The third-order valence-corrected chi connectivity index (χ3v) is 3.94. The molecule has 20 heavy (non-hydrogen) atoms. The number of amides is 1. The van der Waals surface area contributed by atoms with E-state index in [1.807, 2.05) is 30.3 Å². The van der Waals surface area contributed by atoms with Crippen LogP contribution in [0.2, 0.25) is 0 Å². The summed E-state index contributed by atoms with van der Waals surface area (Å²) in [6.07, 6.45) is 0. The fraction of sp³-hybridized carbons (Fsp3) is 0.467. The molecule has 1 aliphatic rings. The van der Waals surface area contributed by atoms with Crippen molar-refractivity contribution in [3.05, 3.63) is 35.9 Å². The number of carbonyl (C=O) groups excluding carboxylic acids is 1. The fourth-order valence-corrected chi connectivity index (χ4v) is 2.75. The molecule has 0 saturated carbocycles. The number of hydrogen-bond donors (Lipinski definition) is 0. The molecule has 1 unspecified atom stereocenters. The molecule has 4 nitrogen and oxygen atoms in total. The summed E-state index contributed by atoms with van der Waals surface area (Å²) in [5.74, 6) is 0.282. The Morgan fingerprint density at radius 1 is 1.45 bits per heavy atom. The van der Waals surface area contributed by atoms with Crippen LogP contribution < -0.4 is 0 Å². The minimum atomic E-state index is -0.0640. The summed E-state index contributed by atoms with van der Waals surface area (Å²) in [6, 6.07) is 9.90. The zero-order valence-corrected chi connectivity index (χ0v) is 13.5. The summed E-state index contributed by atoms with van der Waals surface area (Å²) in [5, 5.41) is 0. The molecular weight excluding hydrogens is 321 g/mol. The van der Waals surface area contributed by atoms with Crippen LogP contribution in [0.3, 0.4) is 0 Å². The normalized spacial score (nSPS) is 18.4. The van der Waals surface area contributed by atoms with Crippen LogP contribution in [0.5, 0.6) is 0 Å². The van der Waals surface area contributed by atoms with Gasteiger partial charge in [0.05, 0.1) is 0 Å². The first-order chi connectivity index (χ1) is 9.59. The Bertz CT molecular complexity index is 475. The summed E-state index contributed by atoms with van der Waals surface area (Å²) in [6.45, 7) is 5.21. The number of nitrogens with zero attached hydrogens (tertiary/aromatic N) is 1. The van der Waals surface area contributed by atoms with Crippen LogP contribution >= 0.6 is 0 Å². The van der Waals surface area contributed by atoms with E-state index in [0.29, 0.717) is 23.9 Å². The van der Waals surface area contributed by atoms with Gasteiger partial charge in [0.25, 0.3) is 0 Å². The van der Waals surface area contributed by atoms with Gasteiger partial charge in [0.2, 0.25) is 0 Å².